The van der Waals surface area contributed by atoms with E-state index in [-0.39, 0.29) is 0 Å². The second-order valence-electron chi connectivity index (χ2n) is 6.02. The minimum absolute atomic E-state index is 0.366. The Morgan fingerprint density at radius 1 is 1.35 bits per heavy atom. The average molecular weight is 295 g/mol. The number of hydrogen-bond donors (Lipinski definition) is 1. The highest BCUT2D eigenvalue weighted by atomic mass is 35.5. The summed E-state index contributed by atoms with van der Waals surface area (Å²) in [5, 5.41) is 4.52. The summed E-state index contributed by atoms with van der Waals surface area (Å²) in [7, 11) is 2.24. The van der Waals surface area contributed by atoms with E-state index in [1.165, 1.54) is 24.9 Å². The molecule has 0 bridgehead atoms. The number of nitrogens with one attached hydrogen (secondary N) is 1. The first kappa shape index (κ1) is 15.8. The van der Waals surface area contributed by atoms with Crippen molar-refractivity contribution in [3.63, 3.8) is 0 Å². The Morgan fingerprint density at radius 2 is 2.10 bits per heavy atom. The van der Waals surface area contributed by atoms with E-state index < -0.39 is 0 Å². The minimum Gasteiger partial charge on any atom is -0.310 e. The maximum atomic E-state index is 6.35. The normalized spacial score (nSPS) is 16.6. The Kier molecular flexibility index (Phi) is 6.34. The van der Waals surface area contributed by atoms with E-state index >= 15 is 0 Å². The van der Waals surface area contributed by atoms with Crippen LogP contribution in [0, 0.1) is 5.92 Å². The van der Waals surface area contributed by atoms with Crippen molar-refractivity contribution in [2.45, 2.75) is 38.6 Å². The molecule has 0 heterocycles. The van der Waals surface area contributed by atoms with Gasteiger partial charge in [-0.1, -0.05) is 36.7 Å². The molecule has 1 unspecified atom stereocenters. The topological polar surface area (TPSA) is 15.3 Å². The van der Waals surface area contributed by atoms with Gasteiger partial charge in [0.15, 0.2) is 0 Å². The van der Waals surface area contributed by atoms with Crippen molar-refractivity contribution in [3.05, 3.63) is 34.9 Å². The molecule has 0 spiro atoms. The lowest BCUT2D eigenvalue weighted by Crippen LogP contribution is -2.29. The Hall–Kier alpha value is -0.570. The molecule has 1 atom stereocenters. The lowest BCUT2D eigenvalue weighted by atomic mass is 10.0. The van der Waals surface area contributed by atoms with Gasteiger partial charge in [-0.2, -0.15) is 0 Å². The van der Waals surface area contributed by atoms with Crippen LogP contribution in [0.3, 0.4) is 0 Å². The van der Waals surface area contributed by atoms with Gasteiger partial charge < -0.3 is 10.2 Å². The molecule has 1 N–H and O–H groups in total. The molecule has 1 aromatic rings. The standard InChI is InChI=1S/C17H27ClN2/c1-3-11-19-17(15-6-4-5-7-16(15)18)10-12-20(2)13-14-8-9-14/h4-7,14,17,19H,3,8-13H2,1-2H3. The monoisotopic (exact) mass is 294 g/mol. The predicted molar refractivity (Wildman–Crippen MR) is 87.3 cm³/mol. The first-order valence-corrected chi connectivity index (χ1v) is 8.24. The van der Waals surface area contributed by atoms with Gasteiger partial charge in [-0.15, -0.1) is 0 Å². The predicted octanol–water partition coefficient (Wildman–Crippen LogP) is 4.11. The van der Waals surface area contributed by atoms with Crippen molar-refractivity contribution >= 4 is 11.6 Å². The number of hydrogen-bond acceptors (Lipinski definition) is 2. The van der Waals surface area contributed by atoms with Crippen LogP contribution in [-0.4, -0.2) is 31.6 Å². The van der Waals surface area contributed by atoms with Gasteiger partial charge in [0, 0.05) is 17.6 Å². The number of nitrogens with zero attached hydrogens (tertiary/aromatic N) is 1. The van der Waals surface area contributed by atoms with Gasteiger partial charge in [-0.05, 0) is 63.4 Å². The molecule has 0 aliphatic heterocycles. The maximum absolute atomic E-state index is 6.35. The lowest BCUT2D eigenvalue weighted by molar-refractivity contribution is 0.296. The van der Waals surface area contributed by atoms with Crippen LogP contribution in [0.5, 0.6) is 0 Å². The van der Waals surface area contributed by atoms with E-state index in [0.717, 1.165) is 36.9 Å². The fraction of sp³-hybridized carbons (Fsp3) is 0.647. The Bertz CT molecular complexity index is 404. The van der Waals surface area contributed by atoms with Gasteiger partial charge >= 0.3 is 0 Å². The van der Waals surface area contributed by atoms with Crippen molar-refractivity contribution in [2.24, 2.45) is 5.92 Å². The van der Waals surface area contributed by atoms with E-state index in [4.69, 9.17) is 11.6 Å². The highest BCUT2D eigenvalue weighted by Gasteiger charge is 2.23. The second kappa shape index (κ2) is 8.02. The number of benzene rings is 1. The molecule has 2 rings (SSSR count). The summed E-state index contributed by atoms with van der Waals surface area (Å²) in [5.41, 5.74) is 1.24. The van der Waals surface area contributed by atoms with Crippen molar-refractivity contribution in [1.29, 1.82) is 0 Å². The zero-order chi connectivity index (χ0) is 14.4. The molecule has 3 heteroatoms. The van der Waals surface area contributed by atoms with Crippen LogP contribution in [0.15, 0.2) is 24.3 Å². The molecule has 2 nitrogen and oxygen atoms in total. The van der Waals surface area contributed by atoms with Crippen molar-refractivity contribution < 1.29 is 0 Å². The van der Waals surface area contributed by atoms with E-state index in [1.54, 1.807) is 0 Å². The smallest absolute Gasteiger partial charge is 0.0453 e. The van der Waals surface area contributed by atoms with E-state index in [2.05, 4.69) is 36.3 Å². The quantitative estimate of drug-likeness (QED) is 0.737. The molecule has 0 saturated heterocycles. The summed E-state index contributed by atoms with van der Waals surface area (Å²) < 4.78 is 0. The summed E-state index contributed by atoms with van der Waals surface area (Å²) in [4.78, 5) is 2.47. The molecule has 0 radical (unpaired) electrons. The van der Waals surface area contributed by atoms with Gasteiger partial charge in [-0.25, -0.2) is 0 Å². The first-order chi connectivity index (χ1) is 9.70. The summed E-state index contributed by atoms with van der Waals surface area (Å²) >= 11 is 6.35. The number of halogens is 1. The van der Waals surface area contributed by atoms with Crippen LogP contribution in [0.4, 0.5) is 0 Å². The first-order valence-electron chi connectivity index (χ1n) is 7.87. The molecule has 1 fully saturated rings. The molecular formula is C17H27ClN2. The second-order valence-corrected chi connectivity index (χ2v) is 6.43. The third-order valence-corrected chi connectivity index (χ3v) is 4.33. The third kappa shape index (κ3) is 5.08. The number of rotatable bonds is 9. The average Bonchev–Trinajstić information content (AvgIpc) is 3.24. The van der Waals surface area contributed by atoms with Crippen LogP contribution in [-0.2, 0) is 0 Å². The molecule has 1 aliphatic carbocycles. The van der Waals surface area contributed by atoms with Crippen LogP contribution >= 0.6 is 11.6 Å². The van der Waals surface area contributed by atoms with Crippen LogP contribution in [0.25, 0.3) is 0 Å². The van der Waals surface area contributed by atoms with E-state index in [0.29, 0.717) is 6.04 Å². The van der Waals surface area contributed by atoms with Crippen LogP contribution in [0.1, 0.15) is 44.2 Å². The van der Waals surface area contributed by atoms with Crippen molar-refractivity contribution in [2.75, 3.05) is 26.7 Å². The van der Waals surface area contributed by atoms with Gasteiger partial charge in [0.2, 0.25) is 0 Å². The Labute approximate surface area is 128 Å². The molecule has 0 aromatic heterocycles. The molecule has 112 valence electrons. The molecule has 1 aliphatic rings. The Morgan fingerprint density at radius 3 is 2.75 bits per heavy atom. The molecule has 1 saturated carbocycles. The summed E-state index contributed by atoms with van der Waals surface area (Å²) in [6, 6.07) is 8.59. The maximum Gasteiger partial charge on any atom is 0.0453 e. The summed E-state index contributed by atoms with van der Waals surface area (Å²) in [6.07, 6.45) is 5.12. The molecule has 20 heavy (non-hydrogen) atoms. The van der Waals surface area contributed by atoms with Crippen LogP contribution < -0.4 is 5.32 Å². The summed E-state index contributed by atoms with van der Waals surface area (Å²) in [6.45, 7) is 5.63. The minimum atomic E-state index is 0.366. The van der Waals surface area contributed by atoms with Gasteiger partial charge in [0.25, 0.3) is 0 Å². The fourth-order valence-electron chi connectivity index (χ4n) is 2.63. The fourth-order valence-corrected chi connectivity index (χ4v) is 2.89. The van der Waals surface area contributed by atoms with Gasteiger partial charge in [0.05, 0.1) is 0 Å². The SMILES string of the molecule is CCCNC(CCN(C)CC1CC1)c1ccccc1Cl. The highest BCUT2D eigenvalue weighted by Crippen LogP contribution is 2.30. The highest BCUT2D eigenvalue weighted by molar-refractivity contribution is 6.31. The van der Waals surface area contributed by atoms with Gasteiger partial charge in [0.1, 0.15) is 0 Å². The zero-order valence-electron chi connectivity index (χ0n) is 12.7. The largest absolute Gasteiger partial charge is 0.310 e. The molecule has 0 amide bonds. The molecular weight excluding hydrogens is 268 g/mol. The Balaban J connectivity index is 1.90. The van der Waals surface area contributed by atoms with Crippen molar-refractivity contribution in [3.8, 4) is 0 Å². The van der Waals surface area contributed by atoms with E-state index in [9.17, 15) is 0 Å². The van der Waals surface area contributed by atoms with Crippen molar-refractivity contribution in [1.82, 2.24) is 10.2 Å². The lowest BCUT2D eigenvalue weighted by Gasteiger charge is -2.23. The van der Waals surface area contributed by atoms with Crippen LogP contribution in [0.2, 0.25) is 5.02 Å². The molecule has 1 aromatic carbocycles. The summed E-state index contributed by atoms with van der Waals surface area (Å²) in [5.74, 6) is 0.961. The van der Waals surface area contributed by atoms with Gasteiger partial charge in [-0.3, -0.25) is 0 Å². The van der Waals surface area contributed by atoms with E-state index in [1.807, 2.05) is 12.1 Å². The zero-order valence-corrected chi connectivity index (χ0v) is 13.5. The third-order valence-electron chi connectivity index (χ3n) is 3.99.